The van der Waals surface area contributed by atoms with Gasteiger partial charge in [-0.2, -0.15) is 0 Å². The van der Waals surface area contributed by atoms with Gasteiger partial charge in [0.15, 0.2) is 0 Å². The molecule has 0 spiro atoms. The number of para-hydroxylation sites is 1. The SMILES string of the molecule is Cc1c(-c2cn(C(C)c3nnc(N)s3)nn2)c(=O)n(-c2ccccc2)n1C. The highest BCUT2D eigenvalue weighted by molar-refractivity contribution is 7.15. The van der Waals surface area contributed by atoms with Gasteiger partial charge in [-0.15, -0.1) is 15.3 Å². The molecule has 0 amide bonds. The van der Waals surface area contributed by atoms with E-state index in [9.17, 15) is 4.79 Å². The van der Waals surface area contributed by atoms with Crippen molar-refractivity contribution in [2.45, 2.75) is 19.9 Å². The maximum atomic E-state index is 13.1. The van der Waals surface area contributed by atoms with E-state index in [4.69, 9.17) is 5.73 Å². The van der Waals surface area contributed by atoms with Crippen molar-refractivity contribution in [3.8, 4) is 16.9 Å². The van der Waals surface area contributed by atoms with Gasteiger partial charge in [-0.25, -0.2) is 9.36 Å². The summed E-state index contributed by atoms with van der Waals surface area (Å²) < 4.78 is 5.10. The smallest absolute Gasteiger partial charge is 0.281 e. The number of anilines is 1. The van der Waals surface area contributed by atoms with Crippen molar-refractivity contribution in [1.82, 2.24) is 34.6 Å². The van der Waals surface area contributed by atoms with E-state index in [2.05, 4.69) is 20.5 Å². The molecule has 4 aromatic rings. The molecule has 3 aromatic heterocycles. The van der Waals surface area contributed by atoms with E-state index in [0.717, 1.165) is 16.4 Å². The number of nitrogens with two attached hydrogens (primary N) is 1. The quantitative estimate of drug-likeness (QED) is 0.576. The zero-order valence-electron chi connectivity index (χ0n) is 15.1. The van der Waals surface area contributed by atoms with Crippen molar-refractivity contribution >= 4 is 16.5 Å². The first-order valence-corrected chi connectivity index (χ1v) is 9.14. The molecule has 0 fully saturated rings. The lowest BCUT2D eigenvalue weighted by molar-refractivity contribution is 0.537. The third kappa shape index (κ3) is 2.83. The van der Waals surface area contributed by atoms with Crippen LogP contribution in [0.3, 0.4) is 0 Å². The summed E-state index contributed by atoms with van der Waals surface area (Å²) in [5.74, 6) is 0. The molecule has 0 aliphatic heterocycles. The monoisotopic (exact) mass is 382 g/mol. The number of aromatic nitrogens is 7. The van der Waals surface area contributed by atoms with Gasteiger partial charge in [0.05, 0.1) is 17.4 Å². The summed E-state index contributed by atoms with van der Waals surface area (Å²) in [6.07, 6.45) is 1.75. The van der Waals surface area contributed by atoms with E-state index < -0.39 is 0 Å². The maximum Gasteiger partial charge on any atom is 0.281 e. The molecule has 27 heavy (non-hydrogen) atoms. The van der Waals surface area contributed by atoms with Gasteiger partial charge in [0, 0.05) is 12.7 Å². The second-order valence-electron chi connectivity index (χ2n) is 6.17. The van der Waals surface area contributed by atoms with E-state index >= 15 is 0 Å². The largest absolute Gasteiger partial charge is 0.374 e. The van der Waals surface area contributed by atoms with Gasteiger partial charge in [-0.05, 0) is 26.0 Å². The molecule has 4 rings (SSSR count). The molecule has 0 aliphatic carbocycles. The summed E-state index contributed by atoms with van der Waals surface area (Å²) in [6, 6.07) is 9.32. The number of benzene rings is 1. The fraction of sp³-hybridized carbons (Fsp3) is 0.235. The number of nitrogen functional groups attached to an aromatic ring is 1. The lowest BCUT2D eigenvalue weighted by Gasteiger charge is -2.07. The predicted octanol–water partition coefficient (Wildman–Crippen LogP) is 1.79. The molecule has 0 saturated carbocycles. The van der Waals surface area contributed by atoms with Crippen LogP contribution in [0.5, 0.6) is 0 Å². The minimum Gasteiger partial charge on any atom is -0.374 e. The van der Waals surface area contributed by atoms with Gasteiger partial charge in [-0.3, -0.25) is 9.48 Å². The van der Waals surface area contributed by atoms with Gasteiger partial charge in [-0.1, -0.05) is 34.7 Å². The molecule has 2 N–H and O–H groups in total. The third-order valence-corrected chi connectivity index (χ3v) is 5.45. The molecular weight excluding hydrogens is 364 g/mol. The van der Waals surface area contributed by atoms with Crippen LogP contribution in [-0.4, -0.2) is 34.6 Å². The maximum absolute atomic E-state index is 13.1. The fourth-order valence-corrected chi connectivity index (χ4v) is 3.63. The summed E-state index contributed by atoms with van der Waals surface area (Å²) in [7, 11) is 1.85. The molecule has 1 aromatic carbocycles. The molecule has 10 heteroatoms. The van der Waals surface area contributed by atoms with E-state index in [1.54, 1.807) is 15.6 Å². The molecule has 1 unspecified atom stereocenters. The standard InChI is InChI=1S/C17H18N8OS/c1-10-14(16(26)25(23(10)3)12-7-5-4-6-8-12)13-9-24(22-19-13)11(2)15-20-21-17(18)27-15/h4-9,11H,1-3H3,(H2,18,21). The molecular formula is C17H18N8OS. The summed E-state index contributed by atoms with van der Waals surface area (Å²) in [4.78, 5) is 13.1. The summed E-state index contributed by atoms with van der Waals surface area (Å²) >= 11 is 1.30. The Balaban J connectivity index is 1.77. The average molecular weight is 382 g/mol. The normalized spacial score (nSPS) is 12.4. The van der Waals surface area contributed by atoms with Crippen LogP contribution in [-0.2, 0) is 7.05 Å². The fourth-order valence-electron chi connectivity index (χ4n) is 2.97. The molecule has 1 atom stereocenters. The molecule has 0 aliphatic rings. The van der Waals surface area contributed by atoms with Crippen molar-refractivity contribution in [3.05, 3.63) is 57.6 Å². The lowest BCUT2D eigenvalue weighted by Crippen LogP contribution is -2.20. The minimum atomic E-state index is -0.179. The average Bonchev–Trinajstić information content (AvgIpc) is 3.36. The highest BCUT2D eigenvalue weighted by Gasteiger charge is 2.22. The molecule has 138 valence electrons. The van der Waals surface area contributed by atoms with Crippen molar-refractivity contribution < 1.29 is 0 Å². The number of hydrogen-bond acceptors (Lipinski definition) is 7. The molecule has 9 nitrogen and oxygen atoms in total. The van der Waals surface area contributed by atoms with Crippen LogP contribution < -0.4 is 11.3 Å². The van der Waals surface area contributed by atoms with E-state index in [1.165, 1.54) is 11.3 Å². The first-order valence-electron chi connectivity index (χ1n) is 8.32. The van der Waals surface area contributed by atoms with Crippen LogP contribution in [0.15, 0.2) is 41.3 Å². The second kappa shape index (κ2) is 6.47. The van der Waals surface area contributed by atoms with E-state index in [1.807, 2.05) is 55.9 Å². The van der Waals surface area contributed by atoms with Crippen LogP contribution in [0.2, 0.25) is 0 Å². The Bertz CT molecular complexity index is 1150. The van der Waals surface area contributed by atoms with Crippen LogP contribution in [0, 0.1) is 6.92 Å². The third-order valence-electron chi connectivity index (χ3n) is 4.53. The Labute approximate surface area is 158 Å². The first-order chi connectivity index (χ1) is 13.0. The van der Waals surface area contributed by atoms with E-state index in [0.29, 0.717) is 16.4 Å². The van der Waals surface area contributed by atoms with Gasteiger partial charge in [0.25, 0.3) is 5.56 Å². The van der Waals surface area contributed by atoms with Gasteiger partial charge in [0.1, 0.15) is 16.7 Å². The van der Waals surface area contributed by atoms with Crippen molar-refractivity contribution in [2.75, 3.05) is 5.73 Å². The van der Waals surface area contributed by atoms with Crippen molar-refractivity contribution in [1.29, 1.82) is 0 Å². The first kappa shape index (κ1) is 17.2. The number of nitrogens with zero attached hydrogens (tertiary/aromatic N) is 7. The van der Waals surface area contributed by atoms with Gasteiger partial charge in [0.2, 0.25) is 5.13 Å². The summed E-state index contributed by atoms with van der Waals surface area (Å²) in [5.41, 5.74) is 8.17. The van der Waals surface area contributed by atoms with Crippen molar-refractivity contribution in [3.63, 3.8) is 0 Å². The Morgan fingerprint density at radius 3 is 2.56 bits per heavy atom. The predicted molar refractivity (Wildman–Crippen MR) is 103 cm³/mol. The van der Waals surface area contributed by atoms with Crippen LogP contribution in [0.1, 0.15) is 23.7 Å². The number of rotatable bonds is 4. The summed E-state index contributed by atoms with van der Waals surface area (Å²) in [6.45, 7) is 3.82. The second-order valence-corrected chi connectivity index (χ2v) is 7.22. The Hall–Kier alpha value is -3.27. The topological polar surface area (TPSA) is 109 Å². The van der Waals surface area contributed by atoms with Crippen molar-refractivity contribution in [2.24, 2.45) is 7.05 Å². The Kier molecular flexibility index (Phi) is 4.11. The highest BCUT2D eigenvalue weighted by Crippen LogP contribution is 2.24. The van der Waals surface area contributed by atoms with Gasteiger partial charge < -0.3 is 5.73 Å². The van der Waals surface area contributed by atoms with Crippen LogP contribution in [0.25, 0.3) is 16.9 Å². The highest BCUT2D eigenvalue weighted by atomic mass is 32.1. The molecule has 0 saturated heterocycles. The van der Waals surface area contributed by atoms with Crippen LogP contribution >= 0.6 is 11.3 Å². The minimum absolute atomic E-state index is 0.138. The summed E-state index contributed by atoms with van der Waals surface area (Å²) in [5, 5.41) is 17.4. The van der Waals surface area contributed by atoms with E-state index in [-0.39, 0.29) is 11.6 Å². The lowest BCUT2D eigenvalue weighted by atomic mass is 10.2. The van der Waals surface area contributed by atoms with Crippen LogP contribution in [0.4, 0.5) is 5.13 Å². The zero-order chi connectivity index (χ0) is 19.1. The number of hydrogen-bond donors (Lipinski definition) is 1. The molecule has 0 bridgehead atoms. The zero-order valence-corrected chi connectivity index (χ0v) is 15.9. The Morgan fingerprint density at radius 2 is 1.89 bits per heavy atom. The molecule has 0 radical (unpaired) electrons. The van der Waals surface area contributed by atoms with Gasteiger partial charge >= 0.3 is 0 Å². The molecule has 3 heterocycles. The Morgan fingerprint density at radius 1 is 1.15 bits per heavy atom.